The number of nitrogen functional groups attached to an aromatic ring is 1. The SMILES string of the molecule is COC(COCCO)n1cnc2c(=O)[nH]c(N)nc21. The fourth-order valence-corrected chi connectivity index (χ4v) is 1.66. The molecule has 0 aliphatic rings. The predicted molar refractivity (Wildman–Crippen MR) is 66.5 cm³/mol. The van der Waals surface area contributed by atoms with Crippen molar-refractivity contribution >= 4 is 17.1 Å². The van der Waals surface area contributed by atoms with Gasteiger partial charge in [0.05, 0.1) is 26.1 Å². The van der Waals surface area contributed by atoms with Gasteiger partial charge in [0, 0.05) is 7.11 Å². The van der Waals surface area contributed by atoms with Crippen LogP contribution < -0.4 is 11.3 Å². The average Bonchev–Trinajstić information content (AvgIpc) is 2.79. The molecule has 0 bridgehead atoms. The molecule has 1 unspecified atom stereocenters. The second-order valence-electron chi connectivity index (χ2n) is 3.76. The highest BCUT2D eigenvalue weighted by atomic mass is 16.5. The van der Waals surface area contributed by atoms with Crippen molar-refractivity contribution in [1.29, 1.82) is 0 Å². The molecule has 2 heterocycles. The highest BCUT2D eigenvalue weighted by molar-refractivity contribution is 5.70. The standard InChI is InChI=1S/C10H15N5O4/c1-18-6(4-19-3-2-16)15-5-12-7-8(15)13-10(11)14-9(7)17/h5-6,16H,2-4H2,1H3,(H3,11,13,14,17). The Labute approximate surface area is 108 Å². The first-order valence-electron chi connectivity index (χ1n) is 5.61. The monoisotopic (exact) mass is 269 g/mol. The lowest BCUT2D eigenvalue weighted by Gasteiger charge is -2.17. The second kappa shape index (κ2) is 5.78. The number of imidazole rings is 1. The first kappa shape index (κ1) is 13.5. The molecule has 1 atom stereocenters. The Morgan fingerprint density at radius 1 is 1.63 bits per heavy atom. The molecule has 2 rings (SSSR count). The number of nitrogens with two attached hydrogens (primary N) is 1. The molecule has 4 N–H and O–H groups in total. The summed E-state index contributed by atoms with van der Waals surface area (Å²) < 4.78 is 12.0. The third-order valence-corrected chi connectivity index (χ3v) is 2.53. The van der Waals surface area contributed by atoms with E-state index < -0.39 is 11.8 Å². The predicted octanol–water partition coefficient (Wildman–Crippen LogP) is -1.14. The van der Waals surface area contributed by atoms with Crippen LogP contribution in [0, 0.1) is 0 Å². The van der Waals surface area contributed by atoms with Crippen LogP contribution in [0.5, 0.6) is 0 Å². The Morgan fingerprint density at radius 2 is 2.42 bits per heavy atom. The van der Waals surface area contributed by atoms with Crippen molar-refractivity contribution in [1.82, 2.24) is 19.5 Å². The molecule has 9 heteroatoms. The third kappa shape index (κ3) is 2.72. The van der Waals surface area contributed by atoms with Gasteiger partial charge >= 0.3 is 0 Å². The van der Waals surface area contributed by atoms with Gasteiger partial charge in [0.25, 0.3) is 5.56 Å². The van der Waals surface area contributed by atoms with Gasteiger partial charge in [-0.2, -0.15) is 4.98 Å². The van der Waals surface area contributed by atoms with Crippen molar-refractivity contribution in [2.45, 2.75) is 6.23 Å². The molecule has 2 aromatic heterocycles. The summed E-state index contributed by atoms with van der Waals surface area (Å²) in [5.74, 6) is 0.00498. The Morgan fingerprint density at radius 3 is 3.11 bits per heavy atom. The topological polar surface area (TPSA) is 128 Å². The van der Waals surface area contributed by atoms with Crippen LogP contribution in [0.15, 0.2) is 11.1 Å². The first-order valence-corrected chi connectivity index (χ1v) is 5.61. The number of H-pyrrole nitrogens is 1. The normalized spacial score (nSPS) is 12.9. The van der Waals surface area contributed by atoms with Crippen molar-refractivity contribution in [2.24, 2.45) is 0 Å². The van der Waals surface area contributed by atoms with E-state index in [0.717, 1.165) is 0 Å². The molecule has 0 aliphatic heterocycles. The lowest BCUT2D eigenvalue weighted by atomic mass is 10.5. The maximum Gasteiger partial charge on any atom is 0.280 e. The van der Waals surface area contributed by atoms with Crippen LogP contribution in [0.1, 0.15) is 6.23 Å². The first-order chi connectivity index (χ1) is 9.17. The quantitative estimate of drug-likeness (QED) is 0.565. The zero-order valence-corrected chi connectivity index (χ0v) is 10.4. The number of methoxy groups -OCH3 is 1. The minimum absolute atomic E-state index is 0.00498. The minimum Gasteiger partial charge on any atom is -0.394 e. The summed E-state index contributed by atoms with van der Waals surface area (Å²) in [4.78, 5) is 22.0. The summed E-state index contributed by atoms with van der Waals surface area (Å²) in [5.41, 5.74) is 5.59. The Balaban J connectivity index is 2.35. The fraction of sp³-hybridized carbons (Fsp3) is 0.500. The van der Waals surface area contributed by atoms with Gasteiger partial charge in [-0.1, -0.05) is 0 Å². The number of aliphatic hydroxyl groups is 1. The van der Waals surface area contributed by atoms with Crippen LogP contribution in [-0.4, -0.2) is 51.6 Å². The number of nitrogens with one attached hydrogen (secondary N) is 1. The maximum absolute atomic E-state index is 11.6. The van der Waals surface area contributed by atoms with E-state index in [-0.39, 0.29) is 31.3 Å². The van der Waals surface area contributed by atoms with Crippen molar-refractivity contribution in [2.75, 3.05) is 32.7 Å². The Hall–Kier alpha value is -1.97. The van der Waals surface area contributed by atoms with Gasteiger partial charge in [-0.05, 0) is 0 Å². The summed E-state index contributed by atoms with van der Waals surface area (Å²) in [6, 6.07) is 0. The molecule has 0 aromatic carbocycles. The number of aromatic nitrogens is 4. The molecular weight excluding hydrogens is 254 g/mol. The van der Waals surface area contributed by atoms with E-state index in [1.807, 2.05) is 0 Å². The van der Waals surface area contributed by atoms with Crippen LogP contribution in [-0.2, 0) is 9.47 Å². The van der Waals surface area contributed by atoms with E-state index in [2.05, 4.69) is 15.0 Å². The van der Waals surface area contributed by atoms with Crippen LogP contribution in [0.4, 0.5) is 5.95 Å². The van der Waals surface area contributed by atoms with Crippen LogP contribution in [0.25, 0.3) is 11.2 Å². The molecule has 104 valence electrons. The zero-order chi connectivity index (χ0) is 13.8. The number of hydrogen-bond donors (Lipinski definition) is 3. The number of hydrogen-bond acceptors (Lipinski definition) is 7. The van der Waals surface area contributed by atoms with Crippen LogP contribution in [0.2, 0.25) is 0 Å². The number of rotatable bonds is 6. The lowest BCUT2D eigenvalue weighted by molar-refractivity contribution is -0.0379. The van der Waals surface area contributed by atoms with Gasteiger partial charge in [0.15, 0.2) is 17.4 Å². The molecule has 0 aliphatic carbocycles. The van der Waals surface area contributed by atoms with E-state index in [9.17, 15) is 4.79 Å². The molecule has 0 saturated heterocycles. The van der Waals surface area contributed by atoms with Gasteiger partial charge in [0.2, 0.25) is 5.95 Å². The maximum atomic E-state index is 11.6. The van der Waals surface area contributed by atoms with E-state index in [1.165, 1.54) is 13.4 Å². The number of aromatic amines is 1. The van der Waals surface area contributed by atoms with Gasteiger partial charge in [-0.15, -0.1) is 0 Å². The number of ether oxygens (including phenoxy) is 2. The van der Waals surface area contributed by atoms with E-state index in [1.54, 1.807) is 4.57 Å². The smallest absolute Gasteiger partial charge is 0.280 e. The van der Waals surface area contributed by atoms with E-state index >= 15 is 0 Å². The summed E-state index contributed by atoms with van der Waals surface area (Å²) in [6.45, 7) is 0.311. The summed E-state index contributed by atoms with van der Waals surface area (Å²) in [6.07, 6.45) is 0.924. The molecule has 0 fully saturated rings. The molecule has 2 aromatic rings. The second-order valence-corrected chi connectivity index (χ2v) is 3.76. The number of nitrogens with zero attached hydrogens (tertiary/aromatic N) is 3. The van der Waals surface area contributed by atoms with Gasteiger partial charge in [0.1, 0.15) is 0 Å². The van der Waals surface area contributed by atoms with Crippen LogP contribution >= 0.6 is 0 Å². The van der Waals surface area contributed by atoms with Crippen molar-refractivity contribution in [3.8, 4) is 0 Å². The van der Waals surface area contributed by atoms with E-state index in [0.29, 0.717) is 5.65 Å². The third-order valence-electron chi connectivity index (χ3n) is 2.53. The molecule has 19 heavy (non-hydrogen) atoms. The molecule has 0 amide bonds. The van der Waals surface area contributed by atoms with Crippen molar-refractivity contribution in [3.05, 3.63) is 16.7 Å². The van der Waals surface area contributed by atoms with Crippen LogP contribution in [0.3, 0.4) is 0 Å². The average molecular weight is 269 g/mol. The zero-order valence-electron chi connectivity index (χ0n) is 10.4. The van der Waals surface area contributed by atoms with Crippen molar-refractivity contribution < 1.29 is 14.6 Å². The van der Waals surface area contributed by atoms with Gasteiger partial charge in [-0.25, -0.2) is 4.98 Å². The number of anilines is 1. The summed E-state index contributed by atoms with van der Waals surface area (Å²) in [5, 5.41) is 8.67. The largest absolute Gasteiger partial charge is 0.394 e. The van der Waals surface area contributed by atoms with Gasteiger partial charge in [-0.3, -0.25) is 14.3 Å². The molecule has 0 saturated carbocycles. The number of fused-ring (bicyclic) bond motifs is 1. The Kier molecular flexibility index (Phi) is 4.10. The van der Waals surface area contributed by atoms with E-state index in [4.69, 9.17) is 20.3 Å². The summed E-state index contributed by atoms with van der Waals surface area (Å²) in [7, 11) is 1.50. The molecule has 0 radical (unpaired) electrons. The summed E-state index contributed by atoms with van der Waals surface area (Å²) >= 11 is 0. The van der Waals surface area contributed by atoms with Crippen molar-refractivity contribution in [3.63, 3.8) is 0 Å². The minimum atomic E-state index is -0.509. The molecule has 0 spiro atoms. The fourth-order valence-electron chi connectivity index (χ4n) is 1.66. The molecular formula is C10H15N5O4. The van der Waals surface area contributed by atoms with Gasteiger partial charge < -0.3 is 20.3 Å². The molecule has 9 nitrogen and oxygen atoms in total. The highest BCUT2D eigenvalue weighted by Gasteiger charge is 2.16. The number of aliphatic hydroxyl groups excluding tert-OH is 1. The lowest BCUT2D eigenvalue weighted by Crippen LogP contribution is -2.19. The highest BCUT2D eigenvalue weighted by Crippen LogP contribution is 2.15. The Bertz CT molecular complexity index is 607.